The van der Waals surface area contributed by atoms with Crippen LogP contribution >= 0.6 is 0 Å². The average molecular weight is 293 g/mol. The molecule has 3 nitrogen and oxygen atoms in total. The first-order valence-corrected chi connectivity index (χ1v) is 7.97. The van der Waals surface area contributed by atoms with Crippen LogP contribution < -0.4 is 10.1 Å². The molecule has 1 aromatic carbocycles. The standard InChI is InChI=1S/C18H31NO2/c1-14(2)12-19-13-15(3)16(4)17-8-6-7-9-18(17)21-11-10-20-5/h6-9,14-16,19H,10-13H2,1-5H3. The molecule has 2 atom stereocenters. The van der Waals surface area contributed by atoms with Gasteiger partial charge in [0.25, 0.3) is 0 Å². The number of nitrogens with one attached hydrogen (secondary N) is 1. The van der Waals surface area contributed by atoms with Crippen LogP contribution in [0.1, 0.15) is 39.2 Å². The Kier molecular flexibility index (Phi) is 8.40. The maximum atomic E-state index is 5.85. The van der Waals surface area contributed by atoms with Crippen molar-refractivity contribution in [1.82, 2.24) is 5.32 Å². The molecule has 0 fully saturated rings. The largest absolute Gasteiger partial charge is 0.491 e. The van der Waals surface area contributed by atoms with Crippen LogP contribution in [0.25, 0.3) is 0 Å². The van der Waals surface area contributed by atoms with E-state index in [9.17, 15) is 0 Å². The van der Waals surface area contributed by atoms with Crippen molar-refractivity contribution in [2.45, 2.75) is 33.6 Å². The topological polar surface area (TPSA) is 30.5 Å². The van der Waals surface area contributed by atoms with Crippen LogP contribution in [0.5, 0.6) is 5.75 Å². The zero-order valence-corrected chi connectivity index (χ0v) is 14.2. The summed E-state index contributed by atoms with van der Waals surface area (Å²) >= 11 is 0. The summed E-state index contributed by atoms with van der Waals surface area (Å²) < 4.78 is 10.9. The molecule has 0 aliphatic rings. The van der Waals surface area contributed by atoms with Crippen molar-refractivity contribution in [3.05, 3.63) is 29.8 Å². The van der Waals surface area contributed by atoms with Crippen LogP contribution in [-0.2, 0) is 4.74 Å². The summed E-state index contributed by atoms with van der Waals surface area (Å²) in [5.41, 5.74) is 1.28. The number of rotatable bonds is 10. The first-order chi connectivity index (χ1) is 10.1. The third-order valence-corrected chi connectivity index (χ3v) is 3.83. The van der Waals surface area contributed by atoms with E-state index in [0.717, 1.165) is 18.8 Å². The molecule has 1 N–H and O–H groups in total. The van der Waals surface area contributed by atoms with E-state index in [4.69, 9.17) is 9.47 Å². The molecule has 0 aliphatic heterocycles. The highest BCUT2D eigenvalue weighted by Crippen LogP contribution is 2.31. The SMILES string of the molecule is COCCOc1ccccc1C(C)C(C)CNCC(C)C. The van der Waals surface area contributed by atoms with Crippen molar-refractivity contribution >= 4 is 0 Å². The van der Waals surface area contributed by atoms with Gasteiger partial charge in [0, 0.05) is 7.11 Å². The molecule has 0 spiro atoms. The van der Waals surface area contributed by atoms with Gasteiger partial charge >= 0.3 is 0 Å². The zero-order valence-electron chi connectivity index (χ0n) is 14.2. The molecule has 1 rings (SSSR count). The summed E-state index contributed by atoms with van der Waals surface area (Å²) in [6.45, 7) is 12.4. The van der Waals surface area contributed by atoms with Gasteiger partial charge in [0.05, 0.1) is 6.61 Å². The fourth-order valence-corrected chi connectivity index (χ4v) is 2.31. The second-order valence-corrected chi connectivity index (χ2v) is 6.20. The molecule has 120 valence electrons. The Hall–Kier alpha value is -1.06. The summed E-state index contributed by atoms with van der Waals surface area (Å²) in [6, 6.07) is 8.34. The van der Waals surface area contributed by atoms with Crippen molar-refractivity contribution in [2.24, 2.45) is 11.8 Å². The monoisotopic (exact) mass is 293 g/mol. The zero-order chi connectivity index (χ0) is 15.7. The van der Waals surface area contributed by atoms with Crippen LogP contribution in [0.3, 0.4) is 0 Å². The molecular weight excluding hydrogens is 262 g/mol. The van der Waals surface area contributed by atoms with Gasteiger partial charge < -0.3 is 14.8 Å². The van der Waals surface area contributed by atoms with E-state index in [2.05, 4.69) is 51.2 Å². The maximum absolute atomic E-state index is 5.85. The lowest BCUT2D eigenvalue weighted by Gasteiger charge is -2.23. The third-order valence-electron chi connectivity index (χ3n) is 3.83. The molecule has 21 heavy (non-hydrogen) atoms. The third kappa shape index (κ3) is 6.49. The second kappa shape index (κ2) is 9.80. The van der Waals surface area contributed by atoms with Gasteiger partial charge in [0.1, 0.15) is 12.4 Å². The average Bonchev–Trinajstić information content (AvgIpc) is 2.47. The summed E-state index contributed by atoms with van der Waals surface area (Å²) in [6.07, 6.45) is 0. The van der Waals surface area contributed by atoms with Crippen molar-refractivity contribution in [2.75, 3.05) is 33.4 Å². The van der Waals surface area contributed by atoms with Crippen molar-refractivity contribution in [1.29, 1.82) is 0 Å². The van der Waals surface area contributed by atoms with E-state index in [1.165, 1.54) is 5.56 Å². The number of benzene rings is 1. The van der Waals surface area contributed by atoms with Gasteiger partial charge in [-0.25, -0.2) is 0 Å². The summed E-state index contributed by atoms with van der Waals surface area (Å²) in [5.74, 6) is 2.70. The van der Waals surface area contributed by atoms with Crippen molar-refractivity contribution in [3.63, 3.8) is 0 Å². The first-order valence-electron chi connectivity index (χ1n) is 7.97. The molecule has 0 aromatic heterocycles. The van der Waals surface area contributed by atoms with Crippen molar-refractivity contribution in [3.8, 4) is 5.75 Å². The number of para-hydroxylation sites is 1. The van der Waals surface area contributed by atoms with E-state index in [-0.39, 0.29) is 0 Å². The lowest BCUT2D eigenvalue weighted by atomic mass is 9.88. The molecular formula is C18H31NO2. The van der Waals surface area contributed by atoms with Gasteiger partial charge in [-0.1, -0.05) is 45.9 Å². The predicted octanol–water partition coefficient (Wildman–Crippen LogP) is 3.70. The minimum Gasteiger partial charge on any atom is -0.491 e. The summed E-state index contributed by atoms with van der Waals surface area (Å²) in [4.78, 5) is 0. The van der Waals surface area contributed by atoms with Gasteiger partial charge in [-0.05, 0) is 42.5 Å². The highest BCUT2D eigenvalue weighted by Gasteiger charge is 2.18. The van der Waals surface area contributed by atoms with Gasteiger partial charge in [-0.2, -0.15) is 0 Å². The lowest BCUT2D eigenvalue weighted by Crippen LogP contribution is -2.27. The Labute approximate surface area is 130 Å². The van der Waals surface area contributed by atoms with Crippen molar-refractivity contribution < 1.29 is 9.47 Å². The molecule has 0 amide bonds. The molecule has 0 aliphatic carbocycles. The number of hydrogen-bond donors (Lipinski definition) is 1. The van der Waals surface area contributed by atoms with Gasteiger partial charge in [0.2, 0.25) is 0 Å². The predicted molar refractivity (Wildman–Crippen MR) is 89.1 cm³/mol. The van der Waals surface area contributed by atoms with E-state index in [0.29, 0.717) is 31.0 Å². The highest BCUT2D eigenvalue weighted by atomic mass is 16.5. The number of methoxy groups -OCH3 is 1. The summed E-state index contributed by atoms with van der Waals surface area (Å²) in [7, 11) is 1.69. The van der Waals surface area contributed by atoms with Gasteiger partial charge in [-0.3, -0.25) is 0 Å². The van der Waals surface area contributed by atoms with E-state index in [1.807, 2.05) is 6.07 Å². The van der Waals surface area contributed by atoms with Gasteiger partial charge in [0.15, 0.2) is 0 Å². The second-order valence-electron chi connectivity index (χ2n) is 6.20. The molecule has 0 heterocycles. The van der Waals surface area contributed by atoms with E-state index >= 15 is 0 Å². The quantitative estimate of drug-likeness (QED) is 0.667. The smallest absolute Gasteiger partial charge is 0.122 e. The molecule has 0 radical (unpaired) electrons. The number of hydrogen-bond acceptors (Lipinski definition) is 3. The Morgan fingerprint density at radius 1 is 1.00 bits per heavy atom. The summed E-state index contributed by atoms with van der Waals surface area (Å²) in [5, 5.41) is 3.55. The molecule has 3 heteroatoms. The molecule has 0 bridgehead atoms. The fourth-order valence-electron chi connectivity index (χ4n) is 2.31. The highest BCUT2D eigenvalue weighted by molar-refractivity contribution is 5.36. The molecule has 0 saturated heterocycles. The Bertz CT molecular complexity index is 393. The Balaban J connectivity index is 2.61. The normalized spacial score (nSPS) is 14.2. The van der Waals surface area contributed by atoms with Gasteiger partial charge in [-0.15, -0.1) is 0 Å². The van der Waals surface area contributed by atoms with Crippen LogP contribution in [0, 0.1) is 11.8 Å². The van der Waals surface area contributed by atoms with E-state index < -0.39 is 0 Å². The Morgan fingerprint density at radius 3 is 2.38 bits per heavy atom. The fraction of sp³-hybridized carbons (Fsp3) is 0.667. The minimum absolute atomic E-state index is 0.461. The first kappa shape index (κ1) is 18.0. The van der Waals surface area contributed by atoms with Crippen LogP contribution in [0.2, 0.25) is 0 Å². The molecule has 2 unspecified atom stereocenters. The minimum atomic E-state index is 0.461. The van der Waals surface area contributed by atoms with Crippen LogP contribution in [0.15, 0.2) is 24.3 Å². The molecule has 0 saturated carbocycles. The Morgan fingerprint density at radius 2 is 1.71 bits per heavy atom. The molecule has 1 aromatic rings. The van der Waals surface area contributed by atoms with Crippen LogP contribution in [-0.4, -0.2) is 33.4 Å². The lowest BCUT2D eigenvalue weighted by molar-refractivity contribution is 0.145. The number of ether oxygens (including phenoxy) is 2. The maximum Gasteiger partial charge on any atom is 0.122 e. The van der Waals surface area contributed by atoms with E-state index in [1.54, 1.807) is 7.11 Å². The van der Waals surface area contributed by atoms with Crippen LogP contribution in [0.4, 0.5) is 0 Å².